The maximum atomic E-state index is 12.1. The largest absolute Gasteiger partial charge is 0.466 e. The van der Waals surface area contributed by atoms with Crippen molar-refractivity contribution in [3.8, 4) is 0 Å². The summed E-state index contributed by atoms with van der Waals surface area (Å²) < 4.78 is 4.87. The topological polar surface area (TPSA) is 55.4 Å². The molecule has 1 aromatic carbocycles. The molecule has 2 rings (SSSR count). The van der Waals surface area contributed by atoms with Gasteiger partial charge in [0.15, 0.2) is 0 Å². The van der Waals surface area contributed by atoms with Crippen LogP contribution in [0.2, 0.25) is 0 Å². The van der Waals surface area contributed by atoms with Gasteiger partial charge in [-0.25, -0.2) is 0 Å². The molecule has 1 aromatic rings. The molecule has 0 aromatic heterocycles. The van der Waals surface area contributed by atoms with Gasteiger partial charge in [0, 0.05) is 11.6 Å². The molecule has 1 saturated carbocycles. The van der Waals surface area contributed by atoms with Gasteiger partial charge >= 0.3 is 5.97 Å². The number of nitrogens with one attached hydrogen (secondary N) is 1. The minimum absolute atomic E-state index is 0.148. The van der Waals surface area contributed by atoms with Crippen molar-refractivity contribution < 1.29 is 14.3 Å². The maximum absolute atomic E-state index is 12.1. The van der Waals surface area contributed by atoms with Crippen LogP contribution < -0.4 is 5.32 Å². The second-order valence-corrected chi connectivity index (χ2v) is 5.73. The van der Waals surface area contributed by atoms with Gasteiger partial charge in [-0.2, -0.15) is 0 Å². The van der Waals surface area contributed by atoms with Gasteiger partial charge in [-0.3, -0.25) is 9.59 Å². The zero-order chi connectivity index (χ0) is 15.2. The Morgan fingerprint density at radius 2 is 1.95 bits per heavy atom. The fraction of sp³-hybridized carbons (Fsp3) is 0.529. The lowest BCUT2D eigenvalue weighted by Crippen LogP contribution is -2.34. The number of hydrogen-bond donors (Lipinski definition) is 1. The lowest BCUT2D eigenvalue weighted by Gasteiger charge is -2.13. The van der Waals surface area contributed by atoms with Crippen molar-refractivity contribution in [2.75, 3.05) is 6.61 Å². The van der Waals surface area contributed by atoms with Crippen LogP contribution in [0.25, 0.3) is 0 Å². The molecule has 0 radical (unpaired) electrons. The normalized spacial score (nSPS) is 15.3. The average molecular weight is 289 g/mol. The highest BCUT2D eigenvalue weighted by Gasteiger charge is 2.21. The van der Waals surface area contributed by atoms with Crippen molar-refractivity contribution in [3.63, 3.8) is 0 Å². The molecule has 1 atom stereocenters. The average Bonchev–Trinajstić information content (AvgIpc) is 3.23. The number of benzene rings is 1. The Morgan fingerprint density at radius 1 is 1.29 bits per heavy atom. The zero-order valence-corrected chi connectivity index (χ0v) is 12.7. The molecular formula is C17H23NO3. The molecule has 21 heavy (non-hydrogen) atoms. The first-order chi connectivity index (χ1) is 10.1. The van der Waals surface area contributed by atoms with Gasteiger partial charge in [0.25, 0.3) is 5.91 Å². The molecule has 4 heteroatoms. The second kappa shape index (κ2) is 7.25. The molecule has 0 heterocycles. The Morgan fingerprint density at radius 3 is 2.52 bits per heavy atom. The predicted octanol–water partition coefficient (Wildman–Crippen LogP) is 2.71. The third kappa shape index (κ3) is 5.21. The lowest BCUT2D eigenvalue weighted by molar-refractivity contribution is -0.143. The number of carbonyl (C=O) groups is 2. The van der Waals surface area contributed by atoms with Crippen molar-refractivity contribution >= 4 is 11.9 Å². The molecule has 114 valence electrons. The summed E-state index contributed by atoms with van der Waals surface area (Å²) in [5, 5.41) is 2.82. The van der Waals surface area contributed by atoms with Crippen LogP contribution in [0, 0.1) is 5.92 Å². The van der Waals surface area contributed by atoms with E-state index in [9.17, 15) is 9.59 Å². The maximum Gasteiger partial charge on any atom is 0.307 e. The monoisotopic (exact) mass is 289 g/mol. The van der Waals surface area contributed by atoms with Crippen LogP contribution in [0.1, 0.15) is 49.0 Å². The highest BCUT2D eigenvalue weighted by molar-refractivity contribution is 5.94. The van der Waals surface area contributed by atoms with Crippen LogP contribution in [-0.4, -0.2) is 24.5 Å². The summed E-state index contributed by atoms with van der Waals surface area (Å²) in [4.78, 5) is 23.4. The Kier molecular flexibility index (Phi) is 5.37. The summed E-state index contributed by atoms with van der Waals surface area (Å²) in [7, 11) is 0. The third-order valence-corrected chi connectivity index (χ3v) is 3.59. The minimum atomic E-state index is -0.287. The molecule has 0 aliphatic heterocycles. The van der Waals surface area contributed by atoms with Crippen molar-refractivity contribution in [3.05, 3.63) is 35.4 Å². The van der Waals surface area contributed by atoms with Crippen LogP contribution in [0.4, 0.5) is 0 Å². The molecular weight excluding hydrogens is 266 g/mol. The van der Waals surface area contributed by atoms with Gasteiger partial charge in [-0.15, -0.1) is 0 Å². The Bertz CT molecular complexity index is 491. The molecule has 0 saturated heterocycles. The van der Waals surface area contributed by atoms with Crippen molar-refractivity contribution in [1.29, 1.82) is 0 Å². The molecule has 1 fully saturated rings. The van der Waals surface area contributed by atoms with E-state index < -0.39 is 0 Å². The van der Waals surface area contributed by atoms with E-state index in [0.717, 1.165) is 12.3 Å². The van der Waals surface area contributed by atoms with Crippen molar-refractivity contribution in [2.24, 2.45) is 5.92 Å². The van der Waals surface area contributed by atoms with E-state index in [-0.39, 0.29) is 24.3 Å². The van der Waals surface area contributed by atoms with E-state index in [1.54, 1.807) is 13.8 Å². The van der Waals surface area contributed by atoms with Crippen molar-refractivity contribution in [2.45, 2.75) is 45.6 Å². The van der Waals surface area contributed by atoms with Gasteiger partial charge in [-0.05, 0) is 56.7 Å². The van der Waals surface area contributed by atoms with Gasteiger partial charge in [0.2, 0.25) is 0 Å². The summed E-state index contributed by atoms with van der Waals surface area (Å²) in [5.74, 6) is 0.407. The summed E-state index contributed by atoms with van der Waals surface area (Å²) >= 11 is 0. The minimum Gasteiger partial charge on any atom is -0.466 e. The Hall–Kier alpha value is -1.84. The van der Waals surface area contributed by atoms with E-state index >= 15 is 0 Å². The molecule has 0 bridgehead atoms. The summed E-state index contributed by atoms with van der Waals surface area (Å²) in [6.07, 6.45) is 3.96. The number of carbonyl (C=O) groups excluding carboxylic acids is 2. The lowest BCUT2D eigenvalue weighted by atomic mass is 10.1. The van der Waals surface area contributed by atoms with Crippen LogP contribution >= 0.6 is 0 Å². The zero-order valence-electron chi connectivity index (χ0n) is 12.7. The highest BCUT2D eigenvalue weighted by Crippen LogP contribution is 2.32. The van der Waals surface area contributed by atoms with Gasteiger partial charge in [0.05, 0.1) is 13.0 Å². The predicted molar refractivity (Wildman–Crippen MR) is 81.0 cm³/mol. The quantitative estimate of drug-likeness (QED) is 0.785. The first-order valence-corrected chi connectivity index (χ1v) is 7.64. The molecule has 0 spiro atoms. The first-order valence-electron chi connectivity index (χ1n) is 7.64. The van der Waals surface area contributed by atoms with Crippen molar-refractivity contribution in [1.82, 2.24) is 5.32 Å². The van der Waals surface area contributed by atoms with E-state index in [2.05, 4.69) is 5.32 Å². The molecule has 1 aliphatic rings. The van der Waals surface area contributed by atoms with Crippen LogP contribution in [0.15, 0.2) is 24.3 Å². The molecule has 4 nitrogen and oxygen atoms in total. The molecule has 1 amide bonds. The number of hydrogen-bond acceptors (Lipinski definition) is 3. The van der Waals surface area contributed by atoms with E-state index in [4.69, 9.17) is 4.74 Å². The van der Waals surface area contributed by atoms with Crippen LogP contribution in [0.5, 0.6) is 0 Å². The third-order valence-electron chi connectivity index (χ3n) is 3.59. The fourth-order valence-corrected chi connectivity index (χ4v) is 2.28. The second-order valence-electron chi connectivity index (χ2n) is 5.73. The SMILES string of the molecule is CCOC(=O)CC(C)NC(=O)c1ccc(CC2CC2)cc1. The van der Waals surface area contributed by atoms with Gasteiger partial charge in [0.1, 0.15) is 0 Å². The fourth-order valence-electron chi connectivity index (χ4n) is 2.28. The van der Waals surface area contributed by atoms with E-state index in [1.165, 1.54) is 18.4 Å². The summed E-state index contributed by atoms with van der Waals surface area (Å²) in [6.45, 7) is 3.93. The van der Waals surface area contributed by atoms with Crippen LogP contribution in [0.3, 0.4) is 0 Å². The summed E-state index contributed by atoms with van der Waals surface area (Å²) in [6, 6.07) is 7.50. The smallest absolute Gasteiger partial charge is 0.307 e. The molecule has 1 aliphatic carbocycles. The molecule has 1 N–H and O–H groups in total. The number of amides is 1. The van der Waals surface area contributed by atoms with Gasteiger partial charge in [-0.1, -0.05) is 12.1 Å². The summed E-state index contributed by atoms with van der Waals surface area (Å²) in [5.41, 5.74) is 1.92. The number of rotatable bonds is 7. The number of esters is 1. The molecule has 1 unspecified atom stereocenters. The first kappa shape index (κ1) is 15.5. The van der Waals surface area contributed by atoms with Gasteiger partial charge < -0.3 is 10.1 Å². The number of ether oxygens (including phenoxy) is 1. The highest BCUT2D eigenvalue weighted by atomic mass is 16.5. The van der Waals surface area contributed by atoms with E-state index in [0.29, 0.717) is 12.2 Å². The Balaban J connectivity index is 1.82. The Labute approximate surface area is 125 Å². The van der Waals surface area contributed by atoms with E-state index in [1.807, 2.05) is 24.3 Å². The van der Waals surface area contributed by atoms with Crippen LogP contribution in [-0.2, 0) is 16.0 Å². The standard InChI is InChI=1S/C17H23NO3/c1-3-21-16(19)10-12(2)18-17(20)15-8-6-14(7-9-15)11-13-4-5-13/h6-9,12-13H,3-5,10-11H2,1-2H3,(H,18,20).